The molecule has 0 bridgehead atoms. The molecule has 8 aromatic rings. The minimum atomic E-state index is 0.547. The topological polar surface area (TPSA) is 48.5 Å². The highest BCUT2D eigenvalue weighted by atomic mass is 15.2. The number of hydrogen-bond donors (Lipinski definition) is 0. The molecular weight excluding hydrogens is 599 g/mol. The van der Waals surface area contributed by atoms with Crippen molar-refractivity contribution in [1.29, 1.82) is 0 Å². The van der Waals surface area contributed by atoms with Crippen molar-refractivity contribution in [3.8, 4) is 45.8 Å². The van der Waals surface area contributed by atoms with E-state index < -0.39 is 0 Å². The molecule has 0 atom stereocenters. The molecule has 5 aromatic carbocycles. The third-order valence-corrected chi connectivity index (χ3v) is 9.17. The van der Waals surface area contributed by atoms with Gasteiger partial charge in [0.25, 0.3) is 0 Å². The second-order valence-electron chi connectivity index (χ2n) is 12.1. The van der Waals surface area contributed by atoms with E-state index in [0.717, 1.165) is 62.2 Å². The Labute approximate surface area is 284 Å². The first-order chi connectivity index (χ1) is 24.3. The number of hydrogen-bond acceptors (Lipinski definition) is 3. The van der Waals surface area contributed by atoms with Crippen LogP contribution in [-0.4, -0.2) is 24.1 Å². The maximum atomic E-state index is 5.25. The number of benzene rings is 5. The first-order valence-electron chi connectivity index (χ1n) is 16.5. The van der Waals surface area contributed by atoms with E-state index >= 15 is 0 Å². The van der Waals surface area contributed by atoms with Crippen LogP contribution in [0.15, 0.2) is 170 Å². The quantitative estimate of drug-likeness (QED) is 0.195. The van der Waals surface area contributed by atoms with E-state index in [-0.39, 0.29) is 0 Å². The average molecular weight is 630 g/mol. The fraction of sp³-hybridized carbons (Fsp3) is 0.0227. The lowest BCUT2D eigenvalue weighted by Gasteiger charge is -2.18. The van der Waals surface area contributed by atoms with Gasteiger partial charge in [0.2, 0.25) is 5.95 Å². The fourth-order valence-electron chi connectivity index (χ4n) is 7.02. The average Bonchev–Trinajstić information content (AvgIpc) is 3.68. The third-order valence-electron chi connectivity index (χ3n) is 9.17. The third kappa shape index (κ3) is 4.83. The zero-order valence-electron chi connectivity index (χ0n) is 26.7. The summed E-state index contributed by atoms with van der Waals surface area (Å²) in [6, 6.07) is 48.1. The summed E-state index contributed by atoms with van der Waals surface area (Å²) in [7, 11) is 0. The summed E-state index contributed by atoms with van der Waals surface area (Å²) in [6.07, 6.45) is 9.29. The van der Waals surface area contributed by atoms with Crippen LogP contribution in [0.2, 0.25) is 0 Å². The van der Waals surface area contributed by atoms with Gasteiger partial charge in [0.05, 0.1) is 22.4 Å². The Morgan fingerprint density at radius 1 is 0.510 bits per heavy atom. The van der Waals surface area contributed by atoms with Gasteiger partial charge in [-0.25, -0.2) is 4.98 Å². The molecule has 232 valence electrons. The summed E-state index contributed by atoms with van der Waals surface area (Å²) in [5.74, 6) is 1.77. The van der Waals surface area contributed by atoms with Crippen LogP contribution in [0.3, 0.4) is 0 Å². The Bertz CT molecular complexity index is 2510. The molecule has 5 heteroatoms. The van der Waals surface area contributed by atoms with Crippen LogP contribution >= 0.6 is 0 Å². The van der Waals surface area contributed by atoms with Gasteiger partial charge < -0.3 is 4.57 Å². The highest BCUT2D eigenvalue weighted by Gasteiger charge is 2.29. The molecule has 9 rings (SSSR count). The number of para-hydroxylation sites is 3. The Kier molecular flexibility index (Phi) is 6.95. The van der Waals surface area contributed by atoms with Crippen molar-refractivity contribution in [1.82, 2.24) is 24.1 Å². The molecule has 0 unspecified atom stereocenters. The SMILES string of the molecule is C=C1/C=C\C=C/Cc2c(n(-c3ccccc3)c3ccccc23)-c2c1c1ccccc1n2-c1nc(-c2ccccc2)nc(-c2ccccc2)n1. The van der Waals surface area contributed by atoms with Gasteiger partial charge in [0.15, 0.2) is 11.6 Å². The van der Waals surface area contributed by atoms with Crippen molar-refractivity contribution in [2.45, 2.75) is 6.42 Å². The molecule has 0 saturated heterocycles. The lowest BCUT2D eigenvalue weighted by molar-refractivity contribution is 0.928. The summed E-state index contributed by atoms with van der Waals surface area (Å²) in [5, 5.41) is 2.28. The fourth-order valence-corrected chi connectivity index (χ4v) is 7.02. The zero-order valence-corrected chi connectivity index (χ0v) is 26.7. The van der Waals surface area contributed by atoms with E-state index in [1.165, 1.54) is 10.9 Å². The number of rotatable bonds is 4. The molecule has 5 nitrogen and oxygen atoms in total. The molecule has 0 aliphatic heterocycles. The molecular formula is C44H31N5. The van der Waals surface area contributed by atoms with Gasteiger partial charge in [0.1, 0.15) is 0 Å². The molecule has 0 spiro atoms. The zero-order chi connectivity index (χ0) is 32.7. The molecule has 0 fully saturated rings. The Balaban J connectivity index is 1.48. The second kappa shape index (κ2) is 11.9. The number of nitrogens with zero attached hydrogens (tertiary/aromatic N) is 5. The van der Waals surface area contributed by atoms with Crippen molar-refractivity contribution in [3.05, 3.63) is 182 Å². The molecule has 0 radical (unpaired) electrons. The van der Waals surface area contributed by atoms with E-state index in [4.69, 9.17) is 15.0 Å². The van der Waals surface area contributed by atoms with E-state index in [1.54, 1.807) is 0 Å². The van der Waals surface area contributed by atoms with Crippen molar-refractivity contribution in [2.24, 2.45) is 0 Å². The van der Waals surface area contributed by atoms with Crippen LogP contribution in [0.1, 0.15) is 11.1 Å². The highest BCUT2D eigenvalue weighted by molar-refractivity contribution is 6.06. The van der Waals surface area contributed by atoms with E-state index in [1.807, 2.05) is 60.7 Å². The first kappa shape index (κ1) is 28.6. The number of aromatic nitrogens is 5. The van der Waals surface area contributed by atoms with Crippen molar-refractivity contribution >= 4 is 27.4 Å². The molecule has 0 N–H and O–H groups in total. The van der Waals surface area contributed by atoms with Crippen LogP contribution in [-0.2, 0) is 6.42 Å². The van der Waals surface area contributed by atoms with Crippen LogP contribution < -0.4 is 0 Å². The second-order valence-corrected chi connectivity index (χ2v) is 12.1. The van der Waals surface area contributed by atoms with Gasteiger partial charge in [-0.3, -0.25) is 4.57 Å². The normalized spacial score (nSPS) is 14.0. The molecule has 3 aromatic heterocycles. The first-order valence-corrected chi connectivity index (χ1v) is 16.5. The summed E-state index contributed by atoms with van der Waals surface area (Å²) in [4.78, 5) is 15.5. The smallest absolute Gasteiger partial charge is 0.238 e. The summed E-state index contributed by atoms with van der Waals surface area (Å²) in [5.41, 5.74) is 10.3. The standard InChI is InChI=1S/C44H31N5/c1-30-18-6-2-13-26-35-34-25-14-16-28-37(34)48(33-23-11-5-12-24-33)40(35)41-39(30)36-27-15-17-29-38(36)49(41)44-46-42(31-19-7-3-8-20-31)45-43(47-44)32-21-9-4-10-22-32/h2-25,27-29H,1,26H2/b13-2-,18-6-. The lowest BCUT2D eigenvalue weighted by Crippen LogP contribution is -2.10. The van der Waals surface area contributed by atoms with Crippen molar-refractivity contribution < 1.29 is 0 Å². The predicted molar refractivity (Wildman–Crippen MR) is 201 cm³/mol. The summed E-state index contributed by atoms with van der Waals surface area (Å²) in [6.45, 7) is 4.65. The summed E-state index contributed by atoms with van der Waals surface area (Å²) < 4.78 is 4.62. The van der Waals surface area contributed by atoms with Crippen molar-refractivity contribution in [3.63, 3.8) is 0 Å². The molecule has 0 amide bonds. The summed E-state index contributed by atoms with van der Waals surface area (Å²) >= 11 is 0. The Hall–Kier alpha value is -6.59. The van der Waals surface area contributed by atoms with Crippen LogP contribution in [0.5, 0.6) is 0 Å². The van der Waals surface area contributed by atoms with Crippen LogP contribution in [0, 0.1) is 0 Å². The molecule has 1 aliphatic rings. The van der Waals surface area contributed by atoms with Gasteiger partial charge in [-0.1, -0.05) is 146 Å². The van der Waals surface area contributed by atoms with Gasteiger partial charge >= 0.3 is 0 Å². The Morgan fingerprint density at radius 3 is 1.71 bits per heavy atom. The van der Waals surface area contributed by atoms with Gasteiger partial charge in [0, 0.05) is 33.2 Å². The molecule has 3 heterocycles. The maximum absolute atomic E-state index is 5.25. The van der Waals surface area contributed by atoms with Crippen molar-refractivity contribution in [2.75, 3.05) is 0 Å². The minimum absolute atomic E-state index is 0.547. The largest absolute Gasteiger partial charge is 0.307 e. The molecule has 0 saturated carbocycles. The van der Waals surface area contributed by atoms with E-state index in [9.17, 15) is 0 Å². The number of fused-ring (bicyclic) bond motifs is 7. The number of allylic oxidation sites excluding steroid dienone is 5. The molecule has 49 heavy (non-hydrogen) atoms. The van der Waals surface area contributed by atoms with E-state index in [0.29, 0.717) is 17.6 Å². The monoisotopic (exact) mass is 629 g/mol. The highest BCUT2D eigenvalue weighted by Crippen LogP contribution is 2.45. The van der Waals surface area contributed by atoms with Crippen LogP contribution in [0.25, 0.3) is 73.2 Å². The minimum Gasteiger partial charge on any atom is -0.307 e. The Morgan fingerprint density at radius 2 is 1.06 bits per heavy atom. The van der Waals surface area contributed by atoms with E-state index in [2.05, 4.69) is 119 Å². The van der Waals surface area contributed by atoms with Gasteiger partial charge in [-0.2, -0.15) is 9.97 Å². The lowest BCUT2D eigenvalue weighted by atomic mass is 9.97. The predicted octanol–water partition coefficient (Wildman–Crippen LogP) is 10.4. The van der Waals surface area contributed by atoms with Crippen LogP contribution in [0.4, 0.5) is 0 Å². The van der Waals surface area contributed by atoms with Gasteiger partial charge in [-0.15, -0.1) is 0 Å². The molecule has 1 aliphatic carbocycles. The maximum Gasteiger partial charge on any atom is 0.238 e. The van der Waals surface area contributed by atoms with Gasteiger partial charge in [-0.05, 0) is 41.8 Å².